The van der Waals surface area contributed by atoms with Crippen molar-refractivity contribution in [2.75, 3.05) is 31.6 Å². The molecule has 32 heavy (non-hydrogen) atoms. The number of nitrogens with zero attached hydrogens (tertiary/aromatic N) is 2. The van der Waals surface area contributed by atoms with Gasteiger partial charge in [-0.1, -0.05) is 0 Å². The number of ether oxygens (including phenoxy) is 2. The molecule has 2 aliphatic heterocycles. The van der Waals surface area contributed by atoms with Crippen LogP contribution < -0.4 is 20.1 Å². The van der Waals surface area contributed by atoms with Crippen LogP contribution in [0, 0.1) is 18.2 Å². The Bertz CT molecular complexity index is 1180. The van der Waals surface area contributed by atoms with E-state index < -0.39 is 0 Å². The zero-order chi connectivity index (χ0) is 21.7. The van der Waals surface area contributed by atoms with Crippen LogP contribution in [0.3, 0.4) is 0 Å². The van der Waals surface area contributed by atoms with Gasteiger partial charge in [0, 0.05) is 41.5 Å². The lowest BCUT2D eigenvalue weighted by atomic mass is 9.62. The largest absolute Gasteiger partial charge is 0.474 e. The molecule has 3 aliphatic rings. The molecular weight excluding hydrogens is 407 g/mol. The number of pyridine rings is 2. The van der Waals surface area contributed by atoms with E-state index in [1.165, 1.54) is 18.9 Å². The molecule has 0 unspecified atom stereocenters. The van der Waals surface area contributed by atoms with Crippen molar-refractivity contribution >= 4 is 16.5 Å². The van der Waals surface area contributed by atoms with Gasteiger partial charge in [-0.2, -0.15) is 0 Å². The molecule has 1 saturated heterocycles. The first-order chi connectivity index (χ1) is 15.6. The van der Waals surface area contributed by atoms with Crippen LogP contribution in [0.4, 0.5) is 10.1 Å². The summed E-state index contributed by atoms with van der Waals surface area (Å²) in [5, 5.41) is 8.42. The Labute approximate surface area is 186 Å². The Kier molecular flexibility index (Phi) is 4.68. The van der Waals surface area contributed by atoms with Crippen molar-refractivity contribution in [2.45, 2.75) is 38.7 Å². The van der Waals surface area contributed by atoms with E-state index in [0.717, 1.165) is 53.5 Å². The predicted molar refractivity (Wildman–Crippen MR) is 122 cm³/mol. The highest BCUT2D eigenvalue weighted by atomic mass is 19.1. The van der Waals surface area contributed by atoms with Gasteiger partial charge in [-0.15, -0.1) is 0 Å². The molecule has 4 heterocycles. The van der Waals surface area contributed by atoms with Crippen LogP contribution in [0.15, 0.2) is 30.6 Å². The smallest absolute Gasteiger partial charge is 0.237 e. The second kappa shape index (κ2) is 7.59. The van der Waals surface area contributed by atoms with Crippen molar-refractivity contribution < 1.29 is 13.9 Å². The maximum Gasteiger partial charge on any atom is 0.237 e. The fourth-order valence-corrected chi connectivity index (χ4v) is 5.43. The molecule has 2 aromatic heterocycles. The number of hydrogen-bond donors (Lipinski definition) is 2. The van der Waals surface area contributed by atoms with Crippen LogP contribution in [-0.4, -0.2) is 42.3 Å². The van der Waals surface area contributed by atoms with Gasteiger partial charge in [-0.25, -0.2) is 14.4 Å². The Balaban J connectivity index is 1.28. The topological polar surface area (TPSA) is 68.3 Å². The van der Waals surface area contributed by atoms with Crippen LogP contribution in [0.25, 0.3) is 21.9 Å². The molecule has 6 rings (SSSR count). The van der Waals surface area contributed by atoms with E-state index >= 15 is 4.39 Å². The van der Waals surface area contributed by atoms with E-state index in [-0.39, 0.29) is 11.9 Å². The molecule has 3 aromatic rings. The van der Waals surface area contributed by atoms with Crippen molar-refractivity contribution in [1.29, 1.82) is 0 Å². The highest BCUT2D eigenvalue weighted by Gasteiger charge is 2.45. The Hall–Kier alpha value is -2.93. The van der Waals surface area contributed by atoms with Gasteiger partial charge >= 0.3 is 0 Å². The van der Waals surface area contributed by atoms with Gasteiger partial charge < -0.3 is 20.1 Å². The molecule has 1 saturated carbocycles. The molecule has 1 spiro atoms. The number of piperidine rings is 1. The van der Waals surface area contributed by atoms with Gasteiger partial charge in [-0.05, 0) is 74.2 Å². The number of halogens is 1. The highest BCUT2D eigenvalue weighted by molar-refractivity contribution is 5.89. The summed E-state index contributed by atoms with van der Waals surface area (Å²) in [6, 6.07) is 5.33. The Morgan fingerprint density at radius 3 is 2.72 bits per heavy atom. The molecular formula is C25H27FN4O2. The Morgan fingerprint density at radius 1 is 1.03 bits per heavy atom. The van der Waals surface area contributed by atoms with E-state index in [9.17, 15) is 0 Å². The third kappa shape index (κ3) is 3.35. The summed E-state index contributed by atoms with van der Waals surface area (Å²) < 4.78 is 26.9. The van der Waals surface area contributed by atoms with E-state index in [1.807, 2.05) is 19.1 Å². The first-order valence-electron chi connectivity index (χ1n) is 11.4. The second-order valence-corrected chi connectivity index (χ2v) is 9.35. The third-order valence-corrected chi connectivity index (χ3v) is 7.29. The number of hydrogen-bond acceptors (Lipinski definition) is 6. The number of fused-ring (bicyclic) bond motifs is 2. The molecule has 0 radical (unpaired) electrons. The molecule has 0 amide bonds. The fraction of sp³-hybridized carbons (Fsp3) is 0.440. The van der Waals surface area contributed by atoms with E-state index in [4.69, 9.17) is 9.47 Å². The molecule has 6 nitrogen and oxygen atoms in total. The lowest BCUT2D eigenvalue weighted by molar-refractivity contribution is -0.0367. The van der Waals surface area contributed by atoms with E-state index in [1.54, 1.807) is 12.4 Å². The zero-order valence-corrected chi connectivity index (χ0v) is 18.2. The number of benzene rings is 1. The molecule has 166 valence electrons. The summed E-state index contributed by atoms with van der Waals surface area (Å²) in [5.74, 6) is 0.895. The second-order valence-electron chi connectivity index (χ2n) is 9.35. The number of nitrogens with one attached hydrogen (secondary N) is 2. The summed E-state index contributed by atoms with van der Waals surface area (Å²) >= 11 is 0. The number of anilines is 1. The van der Waals surface area contributed by atoms with Crippen molar-refractivity contribution in [3.8, 4) is 22.9 Å². The first kappa shape index (κ1) is 19.7. The minimum absolute atomic E-state index is 0.219. The minimum atomic E-state index is -0.290. The predicted octanol–water partition coefficient (Wildman–Crippen LogP) is 4.46. The van der Waals surface area contributed by atoms with Crippen molar-refractivity contribution in [2.24, 2.45) is 5.41 Å². The summed E-state index contributed by atoms with van der Waals surface area (Å²) in [6.07, 6.45) is 8.26. The summed E-state index contributed by atoms with van der Waals surface area (Å²) in [6.45, 7) is 5.47. The van der Waals surface area contributed by atoms with E-state index in [2.05, 4.69) is 20.6 Å². The van der Waals surface area contributed by atoms with Crippen LogP contribution in [0.1, 0.15) is 31.2 Å². The van der Waals surface area contributed by atoms with Crippen molar-refractivity contribution in [3.05, 3.63) is 42.0 Å². The molecule has 0 bridgehead atoms. The number of rotatable bonds is 3. The van der Waals surface area contributed by atoms with Crippen LogP contribution in [0.5, 0.6) is 11.8 Å². The minimum Gasteiger partial charge on any atom is -0.474 e. The lowest BCUT2D eigenvalue weighted by Crippen LogP contribution is -2.49. The van der Waals surface area contributed by atoms with Gasteiger partial charge in [0.2, 0.25) is 11.8 Å². The lowest BCUT2D eigenvalue weighted by Gasteiger charge is -2.49. The normalized spacial score (nSPS) is 19.7. The molecule has 7 heteroatoms. The number of aromatic nitrogens is 2. The standard InChI is InChI=1S/C25H27FN4O2/c1-15-20(14-30-24-23(15)28-6-7-31-24)19-8-16-10-22(29-13-17(16)9-21(19)26)32-18-11-25(12-18)2-4-27-5-3-25/h8-10,13-14,18,27-28H,2-7,11-12H2,1H3. The maximum absolute atomic E-state index is 15.1. The summed E-state index contributed by atoms with van der Waals surface area (Å²) in [5.41, 5.74) is 3.50. The van der Waals surface area contributed by atoms with Crippen molar-refractivity contribution in [1.82, 2.24) is 15.3 Å². The van der Waals surface area contributed by atoms with Crippen molar-refractivity contribution in [3.63, 3.8) is 0 Å². The molecule has 0 atom stereocenters. The van der Waals surface area contributed by atoms with Crippen LogP contribution in [0.2, 0.25) is 0 Å². The summed E-state index contributed by atoms with van der Waals surface area (Å²) in [7, 11) is 0. The average molecular weight is 435 g/mol. The van der Waals surface area contributed by atoms with Crippen LogP contribution >= 0.6 is 0 Å². The molecule has 2 fully saturated rings. The third-order valence-electron chi connectivity index (χ3n) is 7.29. The zero-order valence-electron chi connectivity index (χ0n) is 18.2. The van der Waals surface area contributed by atoms with Gasteiger partial charge in [-0.3, -0.25) is 0 Å². The van der Waals surface area contributed by atoms with Gasteiger partial charge in [0.05, 0.1) is 0 Å². The fourth-order valence-electron chi connectivity index (χ4n) is 5.43. The quantitative estimate of drug-likeness (QED) is 0.635. The molecule has 2 N–H and O–H groups in total. The SMILES string of the molecule is Cc1c(-c2cc3cc(OC4CC5(CCNCC5)C4)ncc3cc2F)cnc2c1NCCO2. The van der Waals surface area contributed by atoms with Gasteiger partial charge in [0.25, 0.3) is 0 Å². The maximum atomic E-state index is 15.1. The van der Waals surface area contributed by atoms with E-state index in [0.29, 0.717) is 35.9 Å². The van der Waals surface area contributed by atoms with Gasteiger partial charge in [0.15, 0.2) is 0 Å². The highest BCUT2D eigenvalue weighted by Crippen LogP contribution is 2.49. The van der Waals surface area contributed by atoms with Crippen LogP contribution in [-0.2, 0) is 0 Å². The first-order valence-corrected chi connectivity index (χ1v) is 11.4. The molecule has 1 aliphatic carbocycles. The Morgan fingerprint density at radius 2 is 1.88 bits per heavy atom. The monoisotopic (exact) mass is 434 g/mol. The average Bonchev–Trinajstić information content (AvgIpc) is 2.79. The van der Waals surface area contributed by atoms with Gasteiger partial charge in [0.1, 0.15) is 24.2 Å². The summed E-state index contributed by atoms with van der Waals surface area (Å²) in [4.78, 5) is 8.84. The molecule has 1 aromatic carbocycles.